The summed E-state index contributed by atoms with van der Waals surface area (Å²) in [5.41, 5.74) is 6.56. The Morgan fingerprint density at radius 2 is 2.25 bits per heavy atom. The van der Waals surface area contributed by atoms with Crippen molar-refractivity contribution in [2.24, 2.45) is 7.05 Å². The van der Waals surface area contributed by atoms with Crippen molar-refractivity contribution >= 4 is 33.0 Å². The molecule has 3 rings (SSSR count). The van der Waals surface area contributed by atoms with Gasteiger partial charge in [-0.3, -0.25) is 4.79 Å². The molecule has 20 heavy (non-hydrogen) atoms. The Morgan fingerprint density at radius 1 is 1.45 bits per heavy atom. The van der Waals surface area contributed by atoms with E-state index in [2.05, 4.69) is 15.5 Å². The molecule has 102 valence electrons. The fourth-order valence-electron chi connectivity index (χ4n) is 1.94. The van der Waals surface area contributed by atoms with Gasteiger partial charge in [-0.05, 0) is 6.07 Å². The Kier molecular flexibility index (Phi) is 3.11. The van der Waals surface area contributed by atoms with E-state index in [1.165, 1.54) is 11.3 Å². The van der Waals surface area contributed by atoms with Crippen molar-refractivity contribution in [3.63, 3.8) is 0 Å². The first-order valence-electron chi connectivity index (χ1n) is 6.05. The number of aryl methyl sites for hydroxylation is 1. The molecule has 0 saturated carbocycles. The Balaban J connectivity index is 1.82. The molecule has 2 aromatic heterocycles. The molecular formula is C13H13N5OS. The van der Waals surface area contributed by atoms with Gasteiger partial charge in [-0.2, -0.15) is 0 Å². The van der Waals surface area contributed by atoms with Crippen molar-refractivity contribution < 1.29 is 4.79 Å². The van der Waals surface area contributed by atoms with E-state index >= 15 is 0 Å². The fraction of sp³-hybridized carbons (Fsp3) is 0.154. The lowest BCUT2D eigenvalue weighted by Crippen LogP contribution is -2.24. The molecule has 0 bridgehead atoms. The summed E-state index contributed by atoms with van der Waals surface area (Å²) in [6.07, 6.45) is 1.59. The van der Waals surface area contributed by atoms with Crippen molar-refractivity contribution in [1.82, 2.24) is 20.1 Å². The number of carbonyl (C=O) groups excluding carboxylic acids is 1. The number of nitrogens with two attached hydrogens (primary N) is 1. The summed E-state index contributed by atoms with van der Waals surface area (Å²) in [6, 6.07) is 7.71. The van der Waals surface area contributed by atoms with Crippen LogP contribution in [0.4, 0.5) is 5.69 Å². The second-order valence-corrected chi connectivity index (χ2v) is 5.43. The van der Waals surface area contributed by atoms with Crippen LogP contribution in [0.3, 0.4) is 0 Å². The fourth-order valence-corrected chi connectivity index (χ4v) is 2.98. The maximum absolute atomic E-state index is 12.2. The second kappa shape index (κ2) is 4.93. The summed E-state index contributed by atoms with van der Waals surface area (Å²) in [7, 11) is 1.83. The highest BCUT2D eigenvalue weighted by Gasteiger charge is 2.16. The van der Waals surface area contributed by atoms with Gasteiger partial charge in [0.15, 0.2) is 5.82 Å². The minimum Gasteiger partial charge on any atom is -0.397 e. The standard InChI is InChI=1S/C13H13N5OS/c1-18-7-16-17-10(18)6-15-13(19)12-11(14)8-4-2-3-5-9(8)20-12/h2-5,7H,6,14H2,1H3,(H,15,19). The summed E-state index contributed by atoms with van der Waals surface area (Å²) in [5, 5.41) is 11.4. The van der Waals surface area contributed by atoms with Crippen molar-refractivity contribution in [3.05, 3.63) is 41.3 Å². The van der Waals surface area contributed by atoms with Crippen molar-refractivity contribution in [1.29, 1.82) is 0 Å². The predicted molar refractivity (Wildman–Crippen MR) is 78.4 cm³/mol. The lowest BCUT2D eigenvalue weighted by atomic mass is 10.2. The third-order valence-corrected chi connectivity index (χ3v) is 4.24. The smallest absolute Gasteiger partial charge is 0.263 e. The first-order valence-corrected chi connectivity index (χ1v) is 6.86. The summed E-state index contributed by atoms with van der Waals surface area (Å²) >= 11 is 1.39. The molecular weight excluding hydrogens is 274 g/mol. The van der Waals surface area contributed by atoms with E-state index in [-0.39, 0.29) is 5.91 Å². The molecule has 6 nitrogen and oxygen atoms in total. The Morgan fingerprint density at radius 3 is 2.95 bits per heavy atom. The molecule has 0 atom stereocenters. The van der Waals surface area contributed by atoms with Crippen molar-refractivity contribution in [3.8, 4) is 0 Å². The van der Waals surface area contributed by atoms with Gasteiger partial charge in [-0.1, -0.05) is 18.2 Å². The number of fused-ring (bicyclic) bond motifs is 1. The minimum absolute atomic E-state index is 0.188. The van der Waals surface area contributed by atoms with Gasteiger partial charge in [0.25, 0.3) is 5.91 Å². The number of nitrogens with zero attached hydrogens (tertiary/aromatic N) is 3. The van der Waals surface area contributed by atoms with Gasteiger partial charge >= 0.3 is 0 Å². The average molecular weight is 287 g/mol. The molecule has 1 aromatic carbocycles. The zero-order valence-corrected chi connectivity index (χ0v) is 11.6. The highest BCUT2D eigenvalue weighted by Crippen LogP contribution is 2.33. The molecule has 3 aromatic rings. The number of hydrogen-bond donors (Lipinski definition) is 2. The molecule has 0 fully saturated rings. The number of hydrogen-bond acceptors (Lipinski definition) is 5. The van der Waals surface area contributed by atoms with Gasteiger partial charge in [0, 0.05) is 17.1 Å². The summed E-state index contributed by atoms with van der Waals surface area (Å²) in [6.45, 7) is 0.322. The van der Waals surface area contributed by atoms with Crippen LogP contribution < -0.4 is 11.1 Å². The molecule has 0 spiro atoms. The number of thiophene rings is 1. The predicted octanol–water partition coefficient (Wildman–Crippen LogP) is 1.54. The number of rotatable bonds is 3. The first-order chi connectivity index (χ1) is 9.66. The van der Waals surface area contributed by atoms with Gasteiger partial charge in [0.1, 0.15) is 11.2 Å². The van der Waals surface area contributed by atoms with E-state index in [1.54, 1.807) is 10.9 Å². The molecule has 3 N–H and O–H groups in total. The normalized spacial score (nSPS) is 10.8. The molecule has 0 unspecified atom stereocenters. The zero-order chi connectivity index (χ0) is 14.1. The van der Waals surface area contributed by atoms with Gasteiger partial charge in [0.05, 0.1) is 12.2 Å². The molecule has 0 saturated heterocycles. The van der Waals surface area contributed by atoms with Crippen LogP contribution in [-0.2, 0) is 13.6 Å². The van der Waals surface area contributed by atoms with Crippen LogP contribution in [0.25, 0.3) is 10.1 Å². The summed E-state index contributed by atoms with van der Waals surface area (Å²) < 4.78 is 2.77. The van der Waals surface area contributed by atoms with E-state index in [9.17, 15) is 4.79 Å². The van der Waals surface area contributed by atoms with Crippen LogP contribution in [0.1, 0.15) is 15.5 Å². The van der Waals surface area contributed by atoms with Crippen LogP contribution in [0, 0.1) is 0 Å². The SMILES string of the molecule is Cn1cnnc1CNC(=O)c1sc2ccccc2c1N. The minimum atomic E-state index is -0.188. The second-order valence-electron chi connectivity index (χ2n) is 4.38. The summed E-state index contributed by atoms with van der Waals surface area (Å²) in [4.78, 5) is 12.7. The number of nitrogen functional groups attached to an aromatic ring is 1. The quantitative estimate of drug-likeness (QED) is 0.765. The van der Waals surface area contributed by atoms with E-state index in [1.807, 2.05) is 31.3 Å². The van der Waals surface area contributed by atoms with Crippen LogP contribution in [0.5, 0.6) is 0 Å². The Bertz CT molecular complexity index is 776. The highest BCUT2D eigenvalue weighted by atomic mass is 32.1. The summed E-state index contributed by atoms with van der Waals surface area (Å²) in [5.74, 6) is 0.504. The topological polar surface area (TPSA) is 85.8 Å². The van der Waals surface area contributed by atoms with Crippen LogP contribution in [0.2, 0.25) is 0 Å². The maximum atomic E-state index is 12.2. The third-order valence-electron chi connectivity index (χ3n) is 3.05. The highest BCUT2D eigenvalue weighted by molar-refractivity contribution is 7.21. The molecule has 2 heterocycles. The number of carbonyl (C=O) groups is 1. The molecule has 0 aliphatic rings. The maximum Gasteiger partial charge on any atom is 0.263 e. The molecule has 1 amide bonds. The molecule has 0 radical (unpaired) electrons. The van der Waals surface area contributed by atoms with Gasteiger partial charge < -0.3 is 15.6 Å². The van der Waals surface area contributed by atoms with Crippen molar-refractivity contribution in [2.45, 2.75) is 6.54 Å². The largest absolute Gasteiger partial charge is 0.397 e. The van der Waals surface area contributed by atoms with E-state index in [0.29, 0.717) is 22.9 Å². The Labute approximate surface area is 119 Å². The Hall–Kier alpha value is -2.41. The van der Waals surface area contributed by atoms with E-state index in [0.717, 1.165) is 10.1 Å². The zero-order valence-electron chi connectivity index (χ0n) is 10.8. The van der Waals surface area contributed by atoms with Crippen LogP contribution >= 0.6 is 11.3 Å². The number of benzene rings is 1. The lowest BCUT2D eigenvalue weighted by Gasteiger charge is -2.03. The lowest BCUT2D eigenvalue weighted by molar-refractivity contribution is 0.0954. The molecule has 0 aliphatic heterocycles. The van der Waals surface area contributed by atoms with Gasteiger partial charge in [-0.15, -0.1) is 21.5 Å². The average Bonchev–Trinajstić information content (AvgIpc) is 3.01. The van der Waals surface area contributed by atoms with Crippen LogP contribution in [-0.4, -0.2) is 20.7 Å². The van der Waals surface area contributed by atoms with Crippen LogP contribution in [0.15, 0.2) is 30.6 Å². The van der Waals surface area contributed by atoms with Gasteiger partial charge in [0.2, 0.25) is 0 Å². The van der Waals surface area contributed by atoms with E-state index in [4.69, 9.17) is 5.73 Å². The van der Waals surface area contributed by atoms with E-state index < -0.39 is 0 Å². The molecule has 0 aliphatic carbocycles. The first kappa shape index (κ1) is 12.6. The number of aromatic nitrogens is 3. The number of nitrogens with one attached hydrogen (secondary N) is 1. The molecule has 7 heteroatoms. The van der Waals surface area contributed by atoms with Gasteiger partial charge in [-0.25, -0.2) is 0 Å². The third kappa shape index (κ3) is 2.12. The monoisotopic (exact) mass is 287 g/mol. The number of anilines is 1. The number of amides is 1. The van der Waals surface area contributed by atoms with Crippen molar-refractivity contribution in [2.75, 3.05) is 5.73 Å².